The van der Waals surface area contributed by atoms with Crippen molar-refractivity contribution in [1.82, 2.24) is 18.5 Å². The maximum atomic E-state index is 6.25. The molecule has 0 aromatic rings. The van der Waals surface area contributed by atoms with E-state index in [9.17, 15) is 0 Å². The Bertz CT molecular complexity index is 95.0. The molecule has 16 heavy (non-hydrogen) atoms. The monoisotopic (exact) mass is 266 g/mol. The zero-order valence-corrected chi connectivity index (χ0v) is 10.1. The summed E-state index contributed by atoms with van der Waals surface area (Å²) in [6.07, 6.45) is 0. The Balaban J connectivity index is -0.00000000321. The molecule has 0 atom stereocenters. The molecular formula is C6H12FeN9. The Kier molecular flexibility index (Phi) is 2550. The van der Waals surface area contributed by atoms with E-state index >= 15 is 0 Å². The number of hydrogen-bond acceptors (Lipinski definition) is 6. The number of rotatable bonds is 0. The van der Waals surface area contributed by atoms with E-state index in [0.717, 1.165) is 0 Å². The third-order valence-electron chi connectivity index (χ3n) is 0. The number of quaternary nitrogens is 3. The standard InChI is InChI=1S/6CN.Fe.3H3N/c6*1-2;;;;/h;;;;;;;3*1H3/q6*-1;+3;;;/p+3. The van der Waals surface area contributed by atoms with Crippen LogP contribution >= 0.6 is 0 Å². The van der Waals surface area contributed by atoms with E-state index in [1.165, 1.54) is 0 Å². The SMILES string of the molecule is [C-]#N.[C-]#N.[C-]#N.[C-]#N.[C-]#N.[C-]#N.[Fe+3].[NH4+].[NH4+].[NH4+]. The summed E-state index contributed by atoms with van der Waals surface area (Å²) in [6, 6.07) is 0. The Morgan fingerprint density at radius 3 is 0.312 bits per heavy atom. The summed E-state index contributed by atoms with van der Waals surface area (Å²) in [5.74, 6) is 0. The molecule has 0 rings (SSSR count). The minimum absolute atomic E-state index is 0. The van der Waals surface area contributed by atoms with Gasteiger partial charge in [0, 0.05) is 0 Å². The smallest absolute Gasteiger partial charge is 0.512 e. The zero-order chi connectivity index (χ0) is 12.0. The van der Waals surface area contributed by atoms with E-state index in [-0.39, 0.29) is 35.5 Å². The van der Waals surface area contributed by atoms with Gasteiger partial charge in [0.15, 0.2) is 0 Å². The fourth-order valence-corrected chi connectivity index (χ4v) is 0. The van der Waals surface area contributed by atoms with E-state index in [2.05, 4.69) is 0 Å². The van der Waals surface area contributed by atoms with Crippen molar-refractivity contribution in [2.75, 3.05) is 0 Å². The van der Waals surface area contributed by atoms with Crippen LogP contribution in [0.3, 0.4) is 0 Å². The van der Waals surface area contributed by atoms with Crippen molar-refractivity contribution in [3.05, 3.63) is 39.4 Å². The maximum Gasteiger partial charge on any atom is 3.00 e. The van der Waals surface area contributed by atoms with Crippen molar-refractivity contribution in [3.8, 4) is 0 Å². The van der Waals surface area contributed by atoms with Crippen LogP contribution in [0.2, 0.25) is 0 Å². The predicted octanol–water partition coefficient (Wildman–Crippen LogP) is 1.70. The Morgan fingerprint density at radius 2 is 0.312 bits per heavy atom. The summed E-state index contributed by atoms with van der Waals surface area (Å²) in [6.45, 7) is 28.5. The van der Waals surface area contributed by atoms with Gasteiger partial charge in [-0.2, -0.15) is 0 Å². The van der Waals surface area contributed by atoms with Crippen molar-refractivity contribution in [2.24, 2.45) is 0 Å². The van der Waals surface area contributed by atoms with Gasteiger partial charge in [-0.1, -0.05) is 0 Å². The van der Waals surface area contributed by atoms with E-state index in [4.69, 9.17) is 71.0 Å². The van der Waals surface area contributed by atoms with Crippen molar-refractivity contribution in [1.29, 1.82) is 31.6 Å². The van der Waals surface area contributed by atoms with Gasteiger partial charge in [0.1, 0.15) is 0 Å². The van der Waals surface area contributed by atoms with Gasteiger partial charge in [-0.15, -0.1) is 0 Å². The second kappa shape index (κ2) is 224. The molecule has 9 nitrogen and oxygen atoms in total. The van der Waals surface area contributed by atoms with Crippen LogP contribution in [0.1, 0.15) is 0 Å². The van der Waals surface area contributed by atoms with Gasteiger partial charge >= 0.3 is 17.1 Å². The first-order valence-corrected chi connectivity index (χ1v) is 1.34. The largest absolute Gasteiger partial charge is 3.00 e. The normalized spacial score (nSPS) is 0.750. The summed E-state index contributed by atoms with van der Waals surface area (Å²) < 4.78 is 0. The van der Waals surface area contributed by atoms with Gasteiger partial charge in [-0.25, -0.2) is 0 Å². The van der Waals surface area contributed by atoms with Crippen LogP contribution in [0.4, 0.5) is 0 Å². The van der Waals surface area contributed by atoms with Crippen LogP contribution < -0.4 is 18.5 Å². The first-order valence-electron chi connectivity index (χ1n) is 1.34. The molecule has 0 aliphatic rings. The van der Waals surface area contributed by atoms with Crippen LogP contribution in [0, 0.1) is 71.0 Å². The molecule has 0 saturated carbocycles. The number of nitrogens with zero attached hydrogens (tertiary/aromatic N) is 6. The molecule has 0 heterocycles. The molecule has 12 N–H and O–H groups in total. The summed E-state index contributed by atoms with van der Waals surface area (Å²) in [5.41, 5.74) is 0. The molecule has 1 radical (unpaired) electrons. The Hall–Kier alpha value is -2.66. The maximum absolute atomic E-state index is 6.25. The van der Waals surface area contributed by atoms with Gasteiger partial charge in [0.2, 0.25) is 0 Å². The molecule has 0 aromatic carbocycles. The Morgan fingerprint density at radius 1 is 0.312 bits per heavy atom. The van der Waals surface area contributed by atoms with Gasteiger partial charge in [-0.3, -0.25) is 0 Å². The molecule has 89 valence electrons. The first-order chi connectivity index (χ1) is 6.00. The zero-order valence-electron chi connectivity index (χ0n) is 9.04. The molecule has 0 saturated heterocycles. The Labute approximate surface area is 107 Å². The van der Waals surface area contributed by atoms with Crippen LogP contribution in [0.15, 0.2) is 0 Å². The molecule has 0 bridgehead atoms. The predicted molar refractivity (Wildman–Crippen MR) is 47.8 cm³/mol. The third-order valence-corrected chi connectivity index (χ3v) is 0. The minimum atomic E-state index is 0. The summed E-state index contributed by atoms with van der Waals surface area (Å²) in [4.78, 5) is 0. The van der Waals surface area contributed by atoms with E-state index in [0.29, 0.717) is 0 Å². The number of hydrogen-bond donors (Lipinski definition) is 3. The van der Waals surface area contributed by atoms with Crippen molar-refractivity contribution < 1.29 is 17.1 Å². The second-order valence-electron chi connectivity index (χ2n) is 0. The quantitative estimate of drug-likeness (QED) is 0.433. The average Bonchev–Trinajstić information content (AvgIpc) is 2.33. The fraction of sp³-hybridized carbons (Fsp3) is 0. The van der Waals surface area contributed by atoms with Crippen LogP contribution in [0.25, 0.3) is 0 Å². The summed E-state index contributed by atoms with van der Waals surface area (Å²) >= 11 is 0. The molecule has 0 amide bonds. The topological polar surface area (TPSA) is 252 Å². The molecule has 0 fully saturated rings. The van der Waals surface area contributed by atoms with E-state index < -0.39 is 0 Å². The minimum Gasteiger partial charge on any atom is -0.512 e. The molecule has 0 aromatic heterocycles. The summed E-state index contributed by atoms with van der Waals surface area (Å²) in [5, 5.41) is 37.5. The molecule has 0 spiro atoms. The fourth-order valence-electron chi connectivity index (χ4n) is 0. The molecular weight excluding hydrogens is 254 g/mol. The average molecular weight is 266 g/mol. The van der Waals surface area contributed by atoms with E-state index in [1.54, 1.807) is 0 Å². The van der Waals surface area contributed by atoms with Crippen molar-refractivity contribution in [3.63, 3.8) is 0 Å². The molecule has 10 heteroatoms. The third kappa shape index (κ3) is 171. The van der Waals surface area contributed by atoms with Gasteiger partial charge in [0.05, 0.1) is 0 Å². The van der Waals surface area contributed by atoms with Crippen LogP contribution in [0.5, 0.6) is 0 Å². The van der Waals surface area contributed by atoms with Crippen molar-refractivity contribution in [2.45, 2.75) is 0 Å². The van der Waals surface area contributed by atoms with Crippen molar-refractivity contribution >= 4 is 0 Å². The second-order valence-corrected chi connectivity index (χ2v) is 0. The molecule has 0 aliphatic heterocycles. The molecule has 0 unspecified atom stereocenters. The van der Waals surface area contributed by atoms with Gasteiger partial charge in [-0.05, 0) is 0 Å². The first kappa shape index (κ1) is 182. The van der Waals surface area contributed by atoms with Gasteiger partial charge in [0.25, 0.3) is 0 Å². The van der Waals surface area contributed by atoms with Gasteiger partial charge < -0.3 is 89.5 Å². The van der Waals surface area contributed by atoms with E-state index in [1.807, 2.05) is 0 Å². The molecule has 0 aliphatic carbocycles. The summed E-state index contributed by atoms with van der Waals surface area (Å²) in [7, 11) is 0. The van der Waals surface area contributed by atoms with Crippen LogP contribution in [-0.2, 0) is 17.1 Å². The van der Waals surface area contributed by atoms with Crippen LogP contribution in [-0.4, -0.2) is 0 Å².